The van der Waals surface area contributed by atoms with Crippen LogP contribution in [0, 0.1) is 0 Å². The maximum Gasteiger partial charge on any atom is 0.191 e. The molecule has 0 aromatic heterocycles. The molecule has 1 saturated heterocycles. The van der Waals surface area contributed by atoms with Crippen LogP contribution in [0.3, 0.4) is 0 Å². The van der Waals surface area contributed by atoms with Crippen LogP contribution in [-0.2, 0) is 0 Å². The zero-order valence-electron chi connectivity index (χ0n) is 12.9. The lowest BCUT2D eigenvalue weighted by molar-refractivity contribution is 0.340. The van der Waals surface area contributed by atoms with E-state index in [9.17, 15) is 0 Å². The monoisotopic (exact) mass is 433 g/mol. The first kappa shape index (κ1) is 17.7. The predicted molar refractivity (Wildman–Crippen MR) is 105 cm³/mol. The molecule has 1 aliphatic heterocycles. The van der Waals surface area contributed by atoms with Crippen LogP contribution in [0.25, 0.3) is 0 Å². The number of guanidine groups is 1. The van der Waals surface area contributed by atoms with Crippen molar-refractivity contribution in [1.82, 2.24) is 4.90 Å². The Hall–Kier alpha value is -0.630. The van der Waals surface area contributed by atoms with E-state index in [1.165, 1.54) is 5.56 Å². The molecule has 0 unspecified atom stereocenters. The van der Waals surface area contributed by atoms with Crippen molar-refractivity contribution in [3.8, 4) is 5.75 Å². The minimum atomic E-state index is 0. The molecule has 1 aromatic carbocycles. The Balaban J connectivity index is 0.00000176. The van der Waals surface area contributed by atoms with Gasteiger partial charge in [0.2, 0.25) is 0 Å². The maximum atomic E-state index is 6.14. The highest BCUT2D eigenvalue weighted by Crippen LogP contribution is 2.43. The molecule has 1 aliphatic carbocycles. The standard InChI is InChI=1S/C16H23N3OS.HI/c1-2-20-13-5-3-12(4-6-13)14-11-15(14)18-16(17)19-7-9-21-10-8-19;/h3-6,14-15H,2,7-11H2,1H3,(H2,17,18);1H/t14-,15+;/m0./s1. The molecular weight excluding hydrogens is 409 g/mol. The topological polar surface area (TPSA) is 50.9 Å². The molecule has 3 rings (SSSR count). The molecule has 1 saturated carbocycles. The number of aliphatic imine (C=N–C) groups is 1. The summed E-state index contributed by atoms with van der Waals surface area (Å²) in [5, 5.41) is 0. The Morgan fingerprint density at radius 1 is 1.32 bits per heavy atom. The Morgan fingerprint density at radius 2 is 2.00 bits per heavy atom. The van der Waals surface area contributed by atoms with E-state index in [4.69, 9.17) is 15.5 Å². The summed E-state index contributed by atoms with van der Waals surface area (Å²) < 4.78 is 5.48. The summed E-state index contributed by atoms with van der Waals surface area (Å²) in [6.07, 6.45) is 1.11. The molecule has 0 radical (unpaired) electrons. The molecular formula is C16H24IN3OS. The summed E-state index contributed by atoms with van der Waals surface area (Å²) in [6.45, 7) is 4.77. The molecule has 22 heavy (non-hydrogen) atoms. The number of thioether (sulfide) groups is 1. The van der Waals surface area contributed by atoms with Crippen molar-refractivity contribution >= 4 is 41.7 Å². The van der Waals surface area contributed by atoms with Gasteiger partial charge in [0.25, 0.3) is 0 Å². The predicted octanol–water partition coefficient (Wildman–Crippen LogP) is 2.92. The van der Waals surface area contributed by atoms with Gasteiger partial charge in [-0.3, -0.25) is 0 Å². The van der Waals surface area contributed by atoms with Crippen molar-refractivity contribution in [2.24, 2.45) is 10.7 Å². The molecule has 4 nitrogen and oxygen atoms in total. The molecule has 2 atom stereocenters. The number of halogens is 1. The highest BCUT2D eigenvalue weighted by Gasteiger charge is 2.38. The molecule has 0 spiro atoms. The number of benzene rings is 1. The largest absolute Gasteiger partial charge is 0.494 e. The average molecular weight is 433 g/mol. The Bertz CT molecular complexity index is 503. The van der Waals surface area contributed by atoms with Gasteiger partial charge in [0.05, 0.1) is 12.6 Å². The first-order valence-electron chi connectivity index (χ1n) is 7.66. The van der Waals surface area contributed by atoms with Crippen molar-refractivity contribution in [2.75, 3.05) is 31.2 Å². The smallest absolute Gasteiger partial charge is 0.191 e. The van der Waals surface area contributed by atoms with Gasteiger partial charge in [-0.25, -0.2) is 4.99 Å². The van der Waals surface area contributed by atoms with E-state index in [-0.39, 0.29) is 24.0 Å². The minimum absolute atomic E-state index is 0. The van der Waals surface area contributed by atoms with Crippen LogP contribution in [0.2, 0.25) is 0 Å². The van der Waals surface area contributed by atoms with E-state index in [2.05, 4.69) is 17.0 Å². The van der Waals surface area contributed by atoms with Crippen LogP contribution in [0.1, 0.15) is 24.8 Å². The number of hydrogen-bond donors (Lipinski definition) is 1. The van der Waals surface area contributed by atoms with Crippen LogP contribution in [0.15, 0.2) is 29.3 Å². The summed E-state index contributed by atoms with van der Waals surface area (Å²) >= 11 is 1.99. The van der Waals surface area contributed by atoms with Gasteiger partial charge in [0.15, 0.2) is 5.96 Å². The molecule has 122 valence electrons. The van der Waals surface area contributed by atoms with Crippen molar-refractivity contribution in [2.45, 2.75) is 25.3 Å². The van der Waals surface area contributed by atoms with E-state index < -0.39 is 0 Å². The molecule has 6 heteroatoms. The van der Waals surface area contributed by atoms with Gasteiger partial charge < -0.3 is 15.4 Å². The summed E-state index contributed by atoms with van der Waals surface area (Å²) in [5.41, 5.74) is 7.48. The van der Waals surface area contributed by atoms with E-state index in [0.29, 0.717) is 18.6 Å². The number of nitrogens with zero attached hydrogens (tertiary/aromatic N) is 2. The van der Waals surface area contributed by atoms with Crippen LogP contribution in [-0.4, -0.2) is 48.1 Å². The fraction of sp³-hybridized carbons (Fsp3) is 0.562. The van der Waals surface area contributed by atoms with E-state index >= 15 is 0 Å². The second-order valence-corrected chi connectivity index (χ2v) is 6.72. The quantitative estimate of drug-likeness (QED) is 0.451. The van der Waals surface area contributed by atoms with Crippen LogP contribution in [0.4, 0.5) is 0 Å². The highest BCUT2D eigenvalue weighted by atomic mass is 127. The lowest BCUT2D eigenvalue weighted by atomic mass is 10.1. The van der Waals surface area contributed by atoms with Crippen molar-refractivity contribution in [3.63, 3.8) is 0 Å². The maximum absolute atomic E-state index is 6.14. The third-order valence-electron chi connectivity index (χ3n) is 4.01. The zero-order chi connectivity index (χ0) is 14.7. The summed E-state index contributed by atoms with van der Waals surface area (Å²) in [5.74, 6) is 4.51. The highest BCUT2D eigenvalue weighted by molar-refractivity contribution is 14.0. The number of rotatable bonds is 4. The fourth-order valence-electron chi connectivity index (χ4n) is 2.70. The number of hydrogen-bond acceptors (Lipinski definition) is 3. The third kappa shape index (κ3) is 4.44. The Kier molecular flexibility index (Phi) is 6.67. The summed E-state index contributed by atoms with van der Waals surface area (Å²) in [6, 6.07) is 8.75. The SMILES string of the molecule is CCOc1ccc([C@@H]2C[C@H]2N=C(N)N2CCSCC2)cc1.I. The summed E-state index contributed by atoms with van der Waals surface area (Å²) in [4.78, 5) is 6.92. The molecule has 0 bridgehead atoms. The minimum Gasteiger partial charge on any atom is -0.494 e. The van der Waals surface area contributed by atoms with Gasteiger partial charge in [0, 0.05) is 30.5 Å². The third-order valence-corrected chi connectivity index (χ3v) is 4.95. The van der Waals surface area contributed by atoms with Gasteiger partial charge in [-0.2, -0.15) is 11.8 Å². The van der Waals surface area contributed by atoms with E-state index in [1.807, 2.05) is 30.8 Å². The first-order valence-corrected chi connectivity index (χ1v) is 8.82. The second kappa shape index (κ2) is 8.29. The van der Waals surface area contributed by atoms with Crippen LogP contribution >= 0.6 is 35.7 Å². The molecule has 1 heterocycles. The van der Waals surface area contributed by atoms with Gasteiger partial charge in [0.1, 0.15) is 5.75 Å². The first-order chi connectivity index (χ1) is 10.3. The zero-order valence-corrected chi connectivity index (χ0v) is 16.1. The lowest BCUT2D eigenvalue weighted by Crippen LogP contribution is -2.42. The average Bonchev–Trinajstić information content (AvgIpc) is 3.28. The lowest BCUT2D eigenvalue weighted by Gasteiger charge is -2.27. The molecule has 2 aliphatic rings. The Morgan fingerprint density at radius 3 is 2.64 bits per heavy atom. The Labute approximate surface area is 153 Å². The van der Waals surface area contributed by atoms with Gasteiger partial charge in [-0.1, -0.05) is 12.1 Å². The van der Waals surface area contributed by atoms with Gasteiger partial charge >= 0.3 is 0 Å². The molecule has 0 amide bonds. The summed E-state index contributed by atoms with van der Waals surface area (Å²) in [7, 11) is 0. The van der Waals surface area contributed by atoms with Crippen LogP contribution in [0.5, 0.6) is 5.75 Å². The van der Waals surface area contributed by atoms with Gasteiger partial charge in [-0.05, 0) is 31.0 Å². The molecule has 2 fully saturated rings. The van der Waals surface area contributed by atoms with Gasteiger partial charge in [-0.15, -0.1) is 24.0 Å². The van der Waals surface area contributed by atoms with Crippen molar-refractivity contribution in [3.05, 3.63) is 29.8 Å². The van der Waals surface area contributed by atoms with E-state index in [0.717, 1.165) is 42.7 Å². The molecule has 1 aromatic rings. The van der Waals surface area contributed by atoms with Crippen LogP contribution < -0.4 is 10.5 Å². The molecule has 2 N–H and O–H groups in total. The number of nitrogens with two attached hydrogens (primary N) is 1. The number of ether oxygens (including phenoxy) is 1. The fourth-order valence-corrected chi connectivity index (χ4v) is 3.61. The second-order valence-electron chi connectivity index (χ2n) is 5.50. The van der Waals surface area contributed by atoms with Crippen molar-refractivity contribution in [1.29, 1.82) is 0 Å². The van der Waals surface area contributed by atoms with Crippen molar-refractivity contribution < 1.29 is 4.74 Å². The normalized spacial score (nSPS) is 24.6. The van der Waals surface area contributed by atoms with E-state index in [1.54, 1.807) is 0 Å².